The second kappa shape index (κ2) is 6.14. The van der Waals surface area contributed by atoms with Gasteiger partial charge in [-0.25, -0.2) is 0 Å². The van der Waals surface area contributed by atoms with Gasteiger partial charge in [-0.3, -0.25) is 4.79 Å². The van der Waals surface area contributed by atoms with Crippen LogP contribution in [0.15, 0.2) is 23.4 Å². The van der Waals surface area contributed by atoms with Crippen LogP contribution in [0.4, 0.5) is 0 Å². The largest absolute Gasteiger partial charge is 0.507 e. The number of benzene rings is 1. The smallest absolute Gasteiger partial charge is 0.255 e. The molecule has 0 saturated heterocycles. The predicted molar refractivity (Wildman–Crippen MR) is 74.2 cm³/mol. The van der Waals surface area contributed by atoms with Crippen molar-refractivity contribution in [2.75, 3.05) is 13.7 Å². The molecule has 1 aromatic rings. The average molecular weight is 281 g/mol. The van der Waals surface area contributed by atoms with Gasteiger partial charge in [-0.1, -0.05) is 19.0 Å². The van der Waals surface area contributed by atoms with Gasteiger partial charge in [-0.2, -0.15) is 0 Å². The molecule has 0 atom stereocenters. The number of rotatable bonds is 5. The zero-order chi connectivity index (χ0) is 15.3. The van der Waals surface area contributed by atoms with E-state index in [9.17, 15) is 9.90 Å². The molecular formula is C13H19N3O4. The molecule has 0 radical (unpaired) electrons. The molecule has 0 fully saturated rings. The van der Waals surface area contributed by atoms with Crippen LogP contribution in [0.3, 0.4) is 0 Å². The summed E-state index contributed by atoms with van der Waals surface area (Å²) in [5.74, 6) is -0.166. The number of nitrogens with one attached hydrogen (secondary N) is 1. The lowest BCUT2D eigenvalue weighted by Gasteiger charge is -2.23. The Morgan fingerprint density at radius 2 is 2.15 bits per heavy atom. The number of hydrogen-bond donors (Lipinski definition) is 4. The van der Waals surface area contributed by atoms with Crippen LogP contribution in [0, 0.1) is 5.41 Å². The van der Waals surface area contributed by atoms with Crippen LogP contribution in [0.5, 0.6) is 11.5 Å². The van der Waals surface area contributed by atoms with Gasteiger partial charge >= 0.3 is 0 Å². The number of amidine groups is 1. The summed E-state index contributed by atoms with van der Waals surface area (Å²) in [4.78, 5) is 12.0. The molecule has 0 bridgehead atoms. The van der Waals surface area contributed by atoms with Gasteiger partial charge in [0.05, 0.1) is 12.7 Å². The van der Waals surface area contributed by atoms with Crippen LogP contribution in [0.1, 0.15) is 24.2 Å². The minimum atomic E-state index is -0.702. The first-order valence-electron chi connectivity index (χ1n) is 5.95. The fourth-order valence-corrected chi connectivity index (χ4v) is 1.45. The van der Waals surface area contributed by atoms with Gasteiger partial charge in [0.1, 0.15) is 17.3 Å². The van der Waals surface area contributed by atoms with Crippen LogP contribution in [0.25, 0.3) is 0 Å². The number of phenols is 1. The quantitative estimate of drug-likeness (QED) is 0.277. The lowest BCUT2D eigenvalue weighted by Crippen LogP contribution is -2.42. The Morgan fingerprint density at radius 3 is 2.65 bits per heavy atom. The number of carbonyl (C=O) groups is 1. The van der Waals surface area contributed by atoms with E-state index < -0.39 is 11.3 Å². The second-order valence-electron chi connectivity index (χ2n) is 4.93. The van der Waals surface area contributed by atoms with Crippen molar-refractivity contribution in [1.29, 1.82) is 0 Å². The van der Waals surface area contributed by atoms with E-state index in [4.69, 9.17) is 15.7 Å². The second-order valence-corrected chi connectivity index (χ2v) is 4.93. The zero-order valence-corrected chi connectivity index (χ0v) is 11.7. The summed E-state index contributed by atoms with van der Waals surface area (Å²) in [5, 5.41) is 23.9. The number of ether oxygens (including phenoxy) is 1. The molecule has 1 aromatic carbocycles. The minimum absolute atomic E-state index is 0.0109. The third-order valence-corrected chi connectivity index (χ3v) is 2.94. The lowest BCUT2D eigenvalue weighted by atomic mass is 9.92. The molecule has 20 heavy (non-hydrogen) atoms. The highest BCUT2D eigenvalue weighted by molar-refractivity contribution is 5.97. The monoisotopic (exact) mass is 281 g/mol. The van der Waals surface area contributed by atoms with Crippen LogP contribution in [-0.2, 0) is 0 Å². The fraction of sp³-hybridized carbons (Fsp3) is 0.385. The van der Waals surface area contributed by atoms with E-state index in [1.165, 1.54) is 19.2 Å². The highest BCUT2D eigenvalue weighted by atomic mass is 16.5. The fourth-order valence-electron chi connectivity index (χ4n) is 1.45. The van der Waals surface area contributed by atoms with Gasteiger partial charge in [-0.05, 0) is 12.1 Å². The molecule has 0 aliphatic heterocycles. The molecule has 0 aromatic heterocycles. The summed E-state index contributed by atoms with van der Waals surface area (Å²) in [5.41, 5.74) is 4.95. The number of nitrogens with zero attached hydrogens (tertiary/aromatic N) is 1. The van der Waals surface area contributed by atoms with Gasteiger partial charge in [0.15, 0.2) is 0 Å². The molecule has 7 nitrogen and oxygen atoms in total. The molecule has 110 valence electrons. The van der Waals surface area contributed by atoms with Crippen molar-refractivity contribution in [3.63, 3.8) is 0 Å². The van der Waals surface area contributed by atoms with Crippen molar-refractivity contribution >= 4 is 11.7 Å². The maximum absolute atomic E-state index is 12.0. The lowest BCUT2D eigenvalue weighted by molar-refractivity contribution is 0.0941. The van der Waals surface area contributed by atoms with Crippen LogP contribution in [0.2, 0.25) is 0 Å². The van der Waals surface area contributed by atoms with E-state index in [0.29, 0.717) is 5.75 Å². The third-order valence-electron chi connectivity index (χ3n) is 2.94. The zero-order valence-electron chi connectivity index (χ0n) is 11.7. The SMILES string of the molecule is COc1ccc(C(=O)NCC(C)(C)/C(N)=N/O)c(O)c1. The first-order valence-corrected chi connectivity index (χ1v) is 5.95. The summed E-state index contributed by atoms with van der Waals surface area (Å²) in [7, 11) is 1.47. The topological polar surface area (TPSA) is 117 Å². The maximum atomic E-state index is 12.0. The molecule has 0 heterocycles. The normalized spacial score (nSPS) is 12.1. The van der Waals surface area contributed by atoms with Crippen molar-refractivity contribution in [3.05, 3.63) is 23.8 Å². The van der Waals surface area contributed by atoms with E-state index in [1.54, 1.807) is 19.9 Å². The number of nitrogens with two attached hydrogens (primary N) is 1. The molecule has 5 N–H and O–H groups in total. The molecular weight excluding hydrogens is 262 g/mol. The van der Waals surface area contributed by atoms with Crippen molar-refractivity contribution in [2.24, 2.45) is 16.3 Å². The highest BCUT2D eigenvalue weighted by Gasteiger charge is 2.25. The van der Waals surface area contributed by atoms with Crippen molar-refractivity contribution in [1.82, 2.24) is 5.32 Å². The Hall–Kier alpha value is -2.44. The molecule has 0 aliphatic rings. The molecule has 7 heteroatoms. The third kappa shape index (κ3) is 3.53. The summed E-state index contributed by atoms with van der Waals surface area (Å²) in [6.45, 7) is 3.60. The predicted octanol–water partition coefficient (Wildman–Crippen LogP) is 0.903. The van der Waals surface area contributed by atoms with Gasteiger partial charge < -0.3 is 26.1 Å². The molecule has 1 amide bonds. The molecule has 0 unspecified atom stereocenters. The molecule has 0 aliphatic carbocycles. The first-order chi connectivity index (χ1) is 9.31. The molecule has 0 spiro atoms. The van der Waals surface area contributed by atoms with E-state index in [0.717, 1.165) is 0 Å². The van der Waals surface area contributed by atoms with E-state index in [-0.39, 0.29) is 23.7 Å². The minimum Gasteiger partial charge on any atom is -0.507 e. The number of phenolic OH excluding ortho intramolecular Hbond substituents is 1. The number of aromatic hydroxyl groups is 1. The Labute approximate surface area is 117 Å². The van der Waals surface area contributed by atoms with Gasteiger partial charge in [0, 0.05) is 18.0 Å². The standard InChI is InChI=1S/C13H19N3O4/c1-13(2,12(14)16-19)7-15-11(18)9-5-4-8(20-3)6-10(9)17/h4-6,17,19H,7H2,1-3H3,(H2,14,16)(H,15,18). The molecule has 1 rings (SSSR count). The number of hydrogen-bond acceptors (Lipinski definition) is 5. The van der Waals surface area contributed by atoms with Crippen LogP contribution < -0.4 is 15.8 Å². The summed E-state index contributed by atoms with van der Waals surface area (Å²) >= 11 is 0. The van der Waals surface area contributed by atoms with E-state index in [2.05, 4.69) is 10.5 Å². The maximum Gasteiger partial charge on any atom is 0.255 e. The van der Waals surface area contributed by atoms with Crippen molar-refractivity contribution in [2.45, 2.75) is 13.8 Å². The number of methoxy groups -OCH3 is 1. The van der Waals surface area contributed by atoms with Crippen LogP contribution in [-0.4, -0.2) is 35.7 Å². The average Bonchev–Trinajstić information content (AvgIpc) is 2.43. The number of carbonyl (C=O) groups excluding carboxylic acids is 1. The van der Waals surface area contributed by atoms with Crippen molar-refractivity contribution in [3.8, 4) is 11.5 Å². The Morgan fingerprint density at radius 1 is 1.50 bits per heavy atom. The highest BCUT2D eigenvalue weighted by Crippen LogP contribution is 2.23. The summed E-state index contributed by atoms with van der Waals surface area (Å²) in [6.07, 6.45) is 0. The Bertz CT molecular complexity index is 526. The first kappa shape index (κ1) is 15.6. The summed E-state index contributed by atoms with van der Waals surface area (Å²) < 4.78 is 4.94. The molecule has 0 saturated carbocycles. The van der Waals surface area contributed by atoms with E-state index >= 15 is 0 Å². The number of oxime groups is 1. The Kier molecular flexibility index (Phi) is 4.79. The van der Waals surface area contributed by atoms with Crippen molar-refractivity contribution < 1.29 is 19.8 Å². The number of amides is 1. The van der Waals surface area contributed by atoms with Gasteiger partial charge in [0.25, 0.3) is 5.91 Å². The van der Waals surface area contributed by atoms with Gasteiger partial charge in [0.2, 0.25) is 0 Å². The van der Waals surface area contributed by atoms with E-state index in [1.807, 2.05) is 0 Å². The van der Waals surface area contributed by atoms with Gasteiger partial charge in [-0.15, -0.1) is 0 Å². The Balaban J connectivity index is 2.78. The summed E-state index contributed by atoms with van der Waals surface area (Å²) in [6, 6.07) is 4.38. The van der Waals surface area contributed by atoms with Crippen LogP contribution >= 0.6 is 0 Å².